The first-order valence-corrected chi connectivity index (χ1v) is 8.95. The number of allylic oxidation sites excluding steroid dienone is 3. The second-order valence-corrected chi connectivity index (χ2v) is 8.70. The lowest BCUT2D eigenvalue weighted by molar-refractivity contribution is 0.182. The van der Waals surface area contributed by atoms with Crippen LogP contribution >= 0.6 is 0 Å². The molecular weight excluding hydrogens is 254 g/mol. The van der Waals surface area contributed by atoms with Crippen molar-refractivity contribution in [2.45, 2.75) is 72.3 Å². The molecule has 21 heavy (non-hydrogen) atoms. The van der Waals surface area contributed by atoms with Gasteiger partial charge in [-0.15, -0.1) is 0 Å². The summed E-state index contributed by atoms with van der Waals surface area (Å²) >= 11 is 0. The van der Waals surface area contributed by atoms with Gasteiger partial charge in [-0.1, -0.05) is 51.5 Å². The zero-order valence-corrected chi connectivity index (χ0v) is 14.4. The van der Waals surface area contributed by atoms with E-state index in [2.05, 4.69) is 40.3 Å². The highest BCUT2D eigenvalue weighted by atomic mass is 14.7. The topological polar surface area (TPSA) is 26.0 Å². The lowest BCUT2D eigenvalue weighted by Crippen LogP contribution is -2.33. The maximum absolute atomic E-state index is 6.42. The van der Waals surface area contributed by atoms with E-state index in [1.807, 2.05) is 0 Å². The quantitative estimate of drug-likeness (QED) is 0.669. The molecule has 0 aliphatic heterocycles. The Balaban J connectivity index is 2.13. The fourth-order valence-corrected chi connectivity index (χ4v) is 5.56. The molecule has 1 spiro atoms. The summed E-state index contributed by atoms with van der Waals surface area (Å²) in [6, 6.07) is 0.389. The molecule has 5 unspecified atom stereocenters. The monoisotopic (exact) mass is 287 g/mol. The van der Waals surface area contributed by atoms with Crippen LogP contribution in [0.5, 0.6) is 0 Å². The molecule has 2 N–H and O–H groups in total. The summed E-state index contributed by atoms with van der Waals surface area (Å²) in [6.45, 7) is 14.4. The van der Waals surface area contributed by atoms with Crippen molar-refractivity contribution in [3.05, 3.63) is 23.8 Å². The lowest BCUT2D eigenvalue weighted by atomic mass is 9.63. The van der Waals surface area contributed by atoms with Crippen LogP contribution in [0, 0.1) is 28.6 Å². The minimum atomic E-state index is 0.322. The van der Waals surface area contributed by atoms with Gasteiger partial charge in [-0.05, 0) is 61.2 Å². The average Bonchev–Trinajstić information content (AvgIpc) is 2.67. The Kier molecular flexibility index (Phi) is 3.64. The van der Waals surface area contributed by atoms with Crippen molar-refractivity contribution in [3.63, 3.8) is 0 Å². The fraction of sp³-hybridized carbons (Fsp3) is 0.800. The molecule has 0 amide bonds. The van der Waals surface area contributed by atoms with Gasteiger partial charge in [0.05, 0.1) is 0 Å². The van der Waals surface area contributed by atoms with Crippen molar-refractivity contribution in [1.29, 1.82) is 0 Å². The zero-order chi connectivity index (χ0) is 15.4. The molecule has 2 saturated carbocycles. The maximum Gasteiger partial charge on any atom is 0.00503 e. The summed E-state index contributed by atoms with van der Waals surface area (Å²) in [6.07, 6.45) is 10.1. The molecule has 2 fully saturated rings. The van der Waals surface area contributed by atoms with Gasteiger partial charge < -0.3 is 5.73 Å². The number of hydrogen-bond donors (Lipinski definition) is 1. The van der Waals surface area contributed by atoms with Gasteiger partial charge in [-0.2, -0.15) is 0 Å². The van der Waals surface area contributed by atoms with Crippen LogP contribution in [0.2, 0.25) is 0 Å². The van der Waals surface area contributed by atoms with E-state index in [1.165, 1.54) is 44.1 Å². The van der Waals surface area contributed by atoms with Crippen LogP contribution in [0.15, 0.2) is 23.8 Å². The lowest BCUT2D eigenvalue weighted by Gasteiger charge is -2.41. The minimum Gasteiger partial charge on any atom is -0.328 e. The molecule has 0 aromatic carbocycles. The van der Waals surface area contributed by atoms with E-state index in [0.717, 1.165) is 11.8 Å². The molecule has 3 aliphatic rings. The molecule has 3 rings (SSSR count). The first-order valence-electron chi connectivity index (χ1n) is 8.95. The third-order valence-electron chi connectivity index (χ3n) is 7.47. The molecule has 1 heteroatoms. The van der Waals surface area contributed by atoms with E-state index in [4.69, 9.17) is 5.73 Å². The van der Waals surface area contributed by atoms with Gasteiger partial charge >= 0.3 is 0 Å². The number of nitrogens with two attached hydrogens (primary N) is 1. The van der Waals surface area contributed by atoms with Gasteiger partial charge in [-0.3, -0.25) is 0 Å². The van der Waals surface area contributed by atoms with Crippen LogP contribution in [0.4, 0.5) is 0 Å². The second kappa shape index (κ2) is 4.98. The maximum atomic E-state index is 6.42. The van der Waals surface area contributed by atoms with Gasteiger partial charge in [0.25, 0.3) is 0 Å². The first kappa shape index (κ1) is 15.3. The largest absolute Gasteiger partial charge is 0.328 e. The Hall–Kier alpha value is -0.560. The van der Waals surface area contributed by atoms with Crippen molar-refractivity contribution in [3.8, 4) is 0 Å². The van der Waals surface area contributed by atoms with Crippen LogP contribution in [0.1, 0.15) is 66.2 Å². The van der Waals surface area contributed by atoms with Crippen molar-refractivity contribution < 1.29 is 0 Å². The molecule has 1 nitrogen and oxygen atoms in total. The van der Waals surface area contributed by atoms with Gasteiger partial charge in [-0.25, -0.2) is 0 Å². The van der Waals surface area contributed by atoms with Crippen LogP contribution < -0.4 is 5.73 Å². The highest BCUT2D eigenvalue weighted by Gasteiger charge is 2.54. The van der Waals surface area contributed by atoms with E-state index in [1.54, 1.807) is 5.57 Å². The van der Waals surface area contributed by atoms with Crippen molar-refractivity contribution in [2.24, 2.45) is 34.3 Å². The van der Waals surface area contributed by atoms with Gasteiger partial charge in [0.15, 0.2) is 0 Å². The predicted octanol–water partition coefficient (Wildman–Crippen LogP) is 5.08. The highest BCUT2D eigenvalue weighted by molar-refractivity contribution is 5.32. The van der Waals surface area contributed by atoms with Crippen LogP contribution in [0.25, 0.3) is 0 Å². The molecule has 0 aromatic rings. The predicted molar refractivity (Wildman–Crippen MR) is 90.9 cm³/mol. The Bertz CT molecular complexity index is 472. The average molecular weight is 287 g/mol. The van der Waals surface area contributed by atoms with Crippen LogP contribution in [-0.2, 0) is 0 Å². The molecule has 0 heterocycles. The normalized spacial score (nSPS) is 45.6. The number of fused-ring (bicyclic) bond motifs is 1. The molecule has 3 aliphatic carbocycles. The summed E-state index contributed by atoms with van der Waals surface area (Å²) in [4.78, 5) is 0. The molecule has 0 aromatic heterocycles. The summed E-state index contributed by atoms with van der Waals surface area (Å²) in [7, 11) is 0. The zero-order valence-electron chi connectivity index (χ0n) is 14.4. The first-order chi connectivity index (χ1) is 9.81. The van der Waals surface area contributed by atoms with Crippen molar-refractivity contribution >= 4 is 0 Å². The summed E-state index contributed by atoms with van der Waals surface area (Å²) < 4.78 is 0. The summed E-state index contributed by atoms with van der Waals surface area (Å²) in [5, 5.41) is 0. The molecule has 2 bridgehead atoms. The minimum absolute atomic E-state index is 0.322. The fourth-order valence-electron chi connectivity index (χ4n) is 5.56. The van der Waals surface area contributed by atoms with E-state index < -0.39 is 0 Å². The number of hydrogen-bond acceptors (Lipinski definition) is 1. The summed E-state index contributed by atoms with van der Waals surface area (Å²) in [5.74, 6) is 2.04. The van der Waals surface area contributed by atoms with E-state index in [0.29, 0.717) is 22.8 Å². The Labute approximate surface area is 131 Å². The van der Waals surface area contributed by atoms with E-state index in [9.17, 15) is 0 Å². The molecule has 0 radical (unpaired) electrons. The van der Waals surface area contributed by atoms with Crippen molar-refractivity contribution in [2.75, 3.05) is 0 Å². The van der Waals surface area contributed by atoms with Gasteiger partial charge in [0, 0.05) is 12.0 Å². The van der Waals surface area contributed by atoms with Crippen LogP contribution in [-0.4, -0.2) is 6.04 Å². The van der Waals surface area contributed by atoms with Crippen molar-refractivity contribution in [1.82, 2.24) is 0 Å². The Morgan fingerprint density at radius 3 is 2.76 bits per heavy atom. The van der Waals surface area contributed by atoms with Gasteiger partial charge in [0.2, 0.25) is 0 Å². The van der Waals surface area contributed by atoms with E-state index in [-0.39, 0.29) is 0 Å². The van der Waals surface area contributed by atoms with Gasteiger partial charge in [0.1, 0.15) is 0 Å². The second-order valence-electron chi connectivity index (χ2n) is 8.70. The Morgan fingerprint density at radius 2 is 2.10 bits per heavy atom. The van der Waals surface area contributed by atoms with E-state index >= 15 is 0 Å². The highest BCUT2D eigenvalue weighted by Crippen LogP contribution is 2.63. The third kappa shape index (κ3) is 2.15. The smallest absolute Gasteiger partial charge is 0.00503 e. The molecule has 118 valence electrons. The third-order valence-corrected chi connectivity index (χ3v) is 7.47. The standard InChI is InChI=1S/C20H33N/c1-6-15-9-16-11-17(21)12-20(16)8-7-13(2)19(4,5)18(10-15)14(20)3/h10,13,16-18H,3,6-9,11-12,21H2,1-2,4-5H3. The molecular formula is C20H33N. The summed E-state index contributed by atoms with van der Waals surface area (Å²) in [5.41, 5.74) is 10.3. The SMILES string of the molecule is C=C1C2C=C(CC)CC3CC(N)CC13CCC(C)C2(C)C. The Morgan fingerprint density at radius 1 is 1.38 bits per heavy atom. The molecule has 0 saturated heterocycles. The van der Waals surface area contributed by atoms with Crippen LogP contribution in [0.3, 0.4) is 0 Å². The molecule has 5 atom stereocenters. The number of rotatable bonds is 1.